The molecule has 20 heavy (non-hydrogen) atoms. The number of rotatable bonds is 2. The quantitative estimate of drug-likeness (QED) is 0.328. The molecule has 0 aromatic rings. The fourth-order valence-electron chi connectivity index (χ4n) is 0.957. The Labute approximate surface area is 120 Å². The molecule has 0 radical (unpaired) electrons. The summed E-state index contributed by atoms with van der Waals surface area (Å²) >= 11 is -7.84. The van der Waals surface area contributed by atoms with Crippen molar-refractivity contribution in [3.8, 4) is 0 Å². The molecule has 0 spiro atoms. The third-order valence-electron chi connectivity index (χ3n) is 1.72. The SMILES string of the molecule is O=C1[O][Ga]([O]C(=O)C(=O)[O][Ga]2[O]C(=O)C(=O)[O]2)[O]C1=O. The van der Waals surface area contributed by atoms with E-state index in [1.54, 1.807) is 0 Å². The van der Waals surface area contributed by atoms with Gasteiger partial charge in [0.2, 0.25) is 0 Å². The molecule has 0 aliphatic carbocycles. The van der Waals surface area contributed by atoms with Crippen molar-refractivity contribution in [2.75, 3.05) is 0 Å². The van der Waals surface area contributed by atoms with E-state index in [9.17, 15) is 28.8 Å². The first kappa shape index (κ1) is 14.5. The van der Waals surface area contributed by atoms with Crippen molar-refractivity contribution in [3.05, 3.63) is 0 Å². The van der Waals surface area contributed by atoms with Gasteiger partial charge in [-0.05, 0) is 0 Å². The van der Waals surface area contributed by atoms with Crippen LogP contribution in [-0.4, -0.2) is 70.4 Å². The average molecular weight is 404 g/mol. The van der Waals surface area contributed by atoms with E-state index in [1.807, 2.05) is 0 Å². The first-order valence-corrected chi connectivity index (χ1v) is 10.5. The summed E-state index contributed by atoms with van der Waals surface area (Å²) in [6.07, 6.45) is 0. The molecular formula is C6Ga2O12. The molecule has 14 heteroatoms. The molecule has 0 amide bonds. The first-order chi connectivity index (χ1) is 9.36. The van der Waals surface area contributed by atoms with Crippen molar-refractivity contribution in [1.29, 1.82) is 0 Å². The van der Waals surface area contributed by atoms with Crippen molar-refractivity contribution >= 4 is 70.4 Å². The first-order valence-electron chi connectivity index (χ1n) is 4.61. The Kier molecular flexibility index (Phi) is 4.07. The fraction of sp³-hybridized carbons (Fsp3) is 0. The van der Waals surface area contributed by atoms with Gasteiger partial charge in [-0.2, -0.15) is 0 Å². The van der Waals surface area contributed by atoms with E-state index in [1.165, 1.54) is 0 Å². The Bertz CT molecular complexity index is 458. The van der Waals surface area contributed by atoms with Gasteiger partial charge in [-0.25, -0.2) is 0 Å². The zero-order chi connectivity index (χ0) is 14.9. The molecule has 0 unspecified atom stereocenters. The summed E-state index contributed by atoms with van der Waals surface area (Å²) < 4.78 is 25.7. The van der Waals surface area contributed by atoms with E-state index in [0.29, 0.717) is 0 Å². The molecule has 102 valence electrons. The zero-order valence-electron chi connectivity index (χ0n) is 9.05. The van der Waals surface area contributed by atoms with Crippen LogP contribution in [0.3, 0.4) is 0 Å². The minimum absolute atomic E-state index is 1.33. The summed E-state index contributed by atoms with van der Waals surface area (Å²) in [6.45, 7) is 0. The van der Waals surface area contributed by atoms with Gasteiger partial charge < -0.3 is 0 Å². The second-order valence-corrected chi connectivity index (χ2v) is 8.40. The standard InChI is InChI=1S/3C2H2O4.2Ga/c3*3-1(4)2(5)6;;/h3*(H,3,4)(H,5,6);;/q;;;2*+3/p-6. The van der Waals surface area contributed by atoms with Crippen molar-refractivity contribution in [2.24, 2.45) is 0 Å². The minimum atomic E-state index is -3.92. The van der Waals surface area contributed by atoms with Crippen molar-refractivity contribution in [1.82, 2.24) is 0 Å². The number of carbonyl (C=O) groups is 6. The molecular weight excluding hydrogens is 404 g/mol. The van der Waals surface area contributed by atoms with E-state index in [4.69, 9.17) is 0 Å². The molecule has 0 N–H and O–H groups in total. The summed E-state index contributed by atoms with van der Waals surface area (Å²) in [4.78, 5) is 64.9. The van der Waals surface area contributed by atoms with Crippen LogP contribution >= 0.6 is 0 Å². The van der Waals surface area contributed by atoms with Gasteiger partial charge in [-0.15, -0.1) is 0 Å². The van der Waals surface area contributed by atoms with E-state index in [-0.39, 0.29) is 0 Å². The maximum absolute atomic E-state index is 11.2. The van der Waals surface area contributed by atoms with Crippen molar-refractivity contribution < 1.29 is 49.9 Å². The monoisotopic (exact) mass is 402 g/mol. The van der Waals surface area contributed by atoms with Crippen LogP contribution in [0.1, 0.15) is 0 Å². The third kappa shape index (κ3) is 3.15. The molecule has 2 aliphatic heterocycles. The summed E-state index contributed by atoms with van der Waals surface area (Å²) in [7, 11) is 0. The predicted octanol–water partition coefficient (Wildman–Crippen LogP) is -3.76. The number of hydrogen-bond acceptors (Lipinski definition) is 12. The van der Waals surface area contributed by atoms with Gasteiger partial charge >= 0.3 is 120 Å². The van der Waals surface area contributed by atoms with E-state index in [2.05, 4.69) is 21.2 Å². The molecule has 2 saturated heterocycles. The Morgan fingerprint density at radius 2 is 0.900 bits per heavy atom. The van der Waals surface area contributed by atoms with Crippen LogP contribution in [0, 0.1) is 0 Å². The number of hydrogen-bond donors (Lipinski definition) is 0. The maximum atomic E-state index is 11.2. The molecule has 0 saturated carbocycles. The molecule has 0 bridgehead atoms. The van der Waals surface area contributed by atoms with E-state index in [0.717, 1.165) is 0 Å². The Morgan fingerprint density at radius 3 is 1.15 bits per heavy atom. The second kappa shape index (κ2) is 5.61. The average Bonchev–Trinajstić information content (AvgIpc) is 2.83. The van der Waals surface area contributed by atoms with Crippen LogP contribution in [0.4, 0.5) is 0 Å². The van der Waals surface area contributed by atoms with Crippen LogP contribution in [0.2, 0.25) is 0 Å². The van der Waals surface area contributed by atoms with Gasteiger partial charge in [0.25, 0.3) is 0 Å². The molecule has 2 rings (SSSR count). The van der Waals surface area contributed by atoms with Crippen LogP contribution in [0.25, 0.3) is 0 Å². The zero-order valence-corrected chi connectivity index (χ0v) is 13.9. The Morgan fingerprint density at radius 1 is 0.650 bits per heavy atom. The van der Waals surface area contributed by atoms with Crippen LogP contribution in [-0.2, 0) is 49.9 Å². The number of carbonyl (C=O) groups excluding carboxylic acids is 6. The van der Waals surface area contributed by atoms with Gasteiger partial charge in [0.15, 0.2) is 0 Å². The molecule has 2 aliphatic rings. The Hall–Kier alpha value is -1.91. The van der Waals surface area contributed by atoms with Crippen LogP contribution in [0.15, 0.2) is 0 Å². The third-order valence-corrected chi connectivity index (χ3v) is 6.84. The molecule has 2 heterocycles. The molecule has 0 aromatic carbocycles. The van der Waals surface area contributed by atoms with Crippen molar-refractivity contribution in [2.45, 2.75) is 0 Å². The summed E-state index contributed by atoms with van der Waals surface area (Å²) in [5, 5.41) is 0. The molecule has 12 nitrogen and oxygen atoms in total. The summed E-state index contributed by atoms with van der Waals surface area (Å²) in [5.74, 6) is -8.55. The van der Waals surface area contributed by atoms with Gasteiger partial charge in [0.1, 0.15) is 0 Å². The summed E-state index contributed by atoms with van der Waals surface area (Å²) in [5.41, 5.74) is 0. The molecule has 0 atom stereocenters. The molecule has 0 aromatic heterocycles. The summed E-state index contributed by atoms with van der Waals surface area (Å²) in [6, 6.07) is 0. The molecule has 2 fully saturated rings. The fourth-order valence-corrected chi connectivity index (χ4v) is 4.97. The van der Waals surface area contributed by atoms with Crippen LogP contribution < -0.4 is 0 Å². The van der Waals surface area contributed by atoms with Crippen molar-refractivity contribution in [3.63, 3.8) is 0 Å². The van der Waals surface area contributed by atoms with Gasteiger partial charge in [-0.1, -0.05) is 0 Å². The van der Waals surface area contributed by atoms with Gasteiger partial charge in [0, 0.05) is 0 Å². The Balaban J connectivity index is 1.82. The van der Waals surface area contributed by atoms with Gasteiger partial charge in [0.05, 0.1) is 0 Å². The van der Waals surface area contributed by atoms with E-state index < -0.39 is 70.4 Å². The topological polar surface area (TPSA) is 158 Å². The van der Waals surface area contributed by atoms with Gasteiger partial charge in [-0.3, -0.25) is 0 Å². The normalized spacial score (nSPS) is 17.2. The predicted molar refractivity (Wildman–Crippen MR) is 48.1 cm³/mol. The van der Waals surface area contributed by atoms with E-state index >= 15 is 0 Å². The second-order valence-electron chi connectivity index (χ2n) is 3.01. The van der Waals surface area contributed by atoms with Crippen LogP contribution in [0.5, 0.6) is 0 Å².